The summed E-state index contributed by atoms with van der Waals surface area (Å²) in [4.78, 5) is 24.2. The van der Waals surface area contributed by atoms with Crippen LogP contribution in [0.2, 0.25) is 0 Å². The molecule has 1 unspecified atom stereocenters. The number of carboxylic acids is 1. The van der Waals surface area contributed by atoms with Crippen molar-refractivity contribution < 1.29 is 14.7 Å². The minimum absolute atomic E-state index is 0.00743. The van der Waals surface area contributed by atoms with E-state index in [0.717, 1.165) is 38.9 Å². The van der Waals surface area contributed by atoms with E-state index in [1.807, 2.05) is 6.92 Å². The first kappa shape index (κ1) is 15.9. The zero-order chi connectivity index (χ0) is 14.1. The van der Waals surface area contributed by atoms with Gasteiger partial charge in [0.1, 0.15) is 0 Å². The van der Waals surface area contributed by atoms with Gasteiger partial charge in [0.15, 0.2) is 0 Å². The van der Waals surface area contributed by atoms with Crippen molar-refractivity contribution in [2.45, 2.75) is 26.2 Å². The van der Waals surface area contributed by atoms with Crippen molar-refractivity contribution in [3.05, 3.63) is 0 Å². The molecule has 0 spiro atoms. The van der Waals surface area contributed by atoms with Crippen LogP contribution in [0.25, 0.3) is 0 Å². The molecule has 1 aliphatic heterocycles. The van der Waals surface area contributed by atoms with Gasteiger partial charge in [0.2, 0.25) is 5.91 Å². The summed E-state index contributed by atoms with van der Waals surface area (Å²) < 4.78 is 0. The lowest BCUT2D eigenvalue weighted by Crippen LogP contribution is -2.45. The third-order valence-electron chi connectivity index (χ3n) is 3.25. The molecule has 6 heteroatoms. The lowest BCUT2D eigenvalue weighted by molar-refractivity contribution is -0.136. The van der Waals surface area contributed by atoms with Crippen LogP contribution in [0.4, 0.5) is 0 Å². The highest BCUT2D eigenvalue weighted by Gasteiger charge is 2.21. The Balaban J connectivity index is 2.21. The predicted molar refractivity (Wildman–Crippen MR) is 73.0 cm³/mol. The number of amides is 1. The fourth-order valence-corrected chi connectivity index (χ4v) is 2.37. The minimum atomic E-state index is -0.827. The Morgan fingerprint density at radius 3 is 2.89 bits per heavy atom. The number of rotatable bonds is 8. The van der Waals surface area contributed by atoms with E-state index in [-0.39, 0.29) is 12.5 Å². The van der Waals surface area contributed by atoms with Gasteiger partial charge in [-0.05, 0) is 38.3 Å². The average Bonchev–Trinajstić information content (AvgIpc) is 2.36. The van der Waals surface area contributed by atoms with Crippen LogP contribution in [0.3, 0.4) is 0 Å². The molecule has 1 fully saturated rings. The van der Waals surface area contributed by atoms with Gasteiger partial charge in [0.05, 0.1) is 13.1 Å². The molecule has 0 bridgehead atoms. The monoisotopic (exact) mass is 271 g/mol. The molecule has 19 heavy (non-hydrogen) atoms. The number of likely N-dealkylation sites (tertiary alicyclic amines) is 1. The molecule has 1 aliphatic rings. The second kappa shape index (κ2) is 8.87. The van der Waals surface area contributed by atoms with Gasteiger partial charge >= 0.3 is 5.97 Å². The van der Waals surface area contributed by atoms with Crippen molar-refractivity contribution in [1.82, 2.24) is 15.5 Å². The van der Waals surface area contributed by atoms with Gasteiger partial charge in [-0.1, -0.05) is 6.92 Å². The first-order chi connectivity index (χ1) is 9.11. The van der Waals surface area contributed by atoms with Crippen LogP contribution in [-0.2, 0) is 9.59 Å². The van der Waals surface area contributed by atoms with Crippen molar-refractivity contribution in [3.8, 4) is 0 Å². The van der Waals surface area contributed by atoms with Crippen LogP contribution in [0.5, 0.6) is 0 Å². The molecule has 0 aliphatic carbocycles. The Morgan fingerprint density at radius 1 is 1.42 bits per heavy atom. The van der Waals surface area contributed by atoms with Crippen LogP contribution >= 0.6 is 0 Å². The minimum Gasteiger partial charge on any atom is -0.480 e. The van der Waals surface area contributed by atoms with Gasteiger partial charge in [-0.3, -0.25) is 14.5 Å². The summed E-state index contributed by atoms with van der Waals surface area (Å²) in [6.07, 6.45) is 3.12. The molecule has 1 atom stereocenters. The lowest BCUT2D eigenvalue weighted by Gasteiger charge is -2.32. The molecule has 1 heterocycles. The van der Waals surface area contributed by atoms with E-state index in [1.54, 1.807) is 0 Å². The van der Waals surface area contributed by atoms with Gasteiger partial charge in [-0.2, -0.15) is 0 Å². The van der Waals surface area contributed by atoms with Crippen molar-refractivity contribution in [2.75, 3.05) is 39.3 Å². The third-order valence-corrected chi connectivity index (χ3v) is 3.25. The number of nitrogens with one attached hydrogen (secondary N) is 2. The van der Waals surface area contributed by atoms with E-state index in [0.29, 0.717) is 19.0 Å². The largest absolute Gasteiger partial charge is 0.480 e. The van der Waals surface area contributed by atoms with Crippen LogP contribution in [0, 0.1) is 5.92 Å². The van der Waals surface area contributed by atoms with Gasteiger partial charge in [0, 0.05) is 13.1 Å². The zero-order valence-corrected chi connectivity index (χ0v) is 11.7. The number of hydrogen-bond acceptors (Lipinski definition) is 4. The molecule has 1 rings (SSSR count). The summed E-state index contributed by atoms with van der Waals surface area (Å²) >= 11 is 0. The van der Waals surface area contributed by atoms with Crippen molar-refractivity contribution in [3.63, 3.8) is 0 Å². The summed E-state index contributed by atoms with van der Waals surface area (Å²) in [5, 5.41) is 14.4. The molecule has 1 saturated heterocycles. The molecule has 0 radical (unpaired) electrons. The van der Waals surface area contributed by atoms with E-state index >= 15 is 0 Å². The van der Waals surface area contributed by atoms with Crippen LogP contribution < -0.4 is 10.6 Å². The maximum absolute atomic E-state index is 11.6. The second-order valence-electron chi connectivity index (χ2n) is 5.12. The molecule has 0 saturated carbocycles. The topological polar surface area (TPSA) is 81.7 Å². The van der Waals surface area contributed by atoms with E-state index in [2.05, 4.69) is 15.5 Å². The molecular weight excluding hydrogens is 246 g/mol. The van der Waals surface area contributed by atoms with Crippen molar-refractivity contribution in [2.24, 2.45) is 5.92 Å². The Bertz CT molecular complexity index is 297. The number of carboxylic acid groups (broad SMARTS) is 1. The Morgan fingerprint density at radius 2 is 2.21 bits per heavy atom. The number of carbonyl (C=O) groups is 2. The quantitative estimate of drug-likeness (QED) is 0.574. The normalized spacial score (nSPS) is 20.2. The predicted octanol–water partition coefficient (Wildman–Crippen LogP) is -0.101. The maximum atomic E-state index is 11.6. The highest BCUT2D eigenvalue weighted by Crippen LogP contribution is 2.15. The standard InChI is InChI=1S/C13H25N3O3/c1-2-5-15-12(17)10-16-6-3-4-11(9-16)7-14-8-13(18)19/h11,14H,2-10H2,1H3,(H,15,17)(H,18,19). The van der Waals surface area contributed by atoms with Crippen molar-refractivity contribution >= 4 is 11.9 Å². The molecule has 0 aromatic carbocycles. The summed E-state index contributed by atoms with van der Waals surface area (Å²) in [6, 6.07) is 0. The number of aliphatic carboxylic acids is 1. The Labute approximate surface area is 114 Å². The molecule has 6 nitrogen and oxygen atoms in total. The van der Waals surface area contributed by atoms with Gasteiger partial charge in [-0.15, -0.1) is 0 Å². The van der Waals surface area contributed by atoms with E-state index in [4.69, 9.17) is 5.11 Å². The highest BCUT2D eigenvalue weighted by molar-refractivity contribution is 5.77. The fraction of sp³-hybridized carbons (Fsp3) is 0.846. The molecule has 110 valence electrons. The average molecular weight is 271 g/mol. The smallest absolute Gasteiger partial charge is 0.317 e. The van der Waals surface area contributed by atoms with Gasteiger partial charge in [-0.25, -0.2) is 0 Å². The second-order valence-corrected chi connectivity index (χ2v) is 5.12. The van der Waals surface area contributed by atoms with Gasteiger partial charge in [0.25, 0.3) is 0 Å². The highest BCUT2D eigenvalue weighted by atomic mass is 16.4. The van der Waals surface area contributed by atoms with E-state index in [1.165, 1.54) is 0 Å². The SMILES string of the molecule is CCCNC(=O)CN1CCCC(CNCC(=O)O)C1. The summed E-state index contributed by atoms with van der Waals surface area (Å²) in [6.45, 7) is 5.75. The van der Waals surface area contributed by atoms with Crippen LogP contribution in [-0.4, -0.2) is 61.2 Å². The molecule has 1 amide bonds. The summed E-state index contributed by atoms with van der Waals surface area (Å²) in [5.74, 6) is -0.306. The Hall–Kier alpha value is -1.14. The molecular formula is C13H25N3O3. The first-order valence-electron chi connectivity index (χ1n) is 7.03. The number of nitrogens with zero attached hydrogens (tertiary/aromatic N) is 1. The summed E-state index contributed by atoms with van der Waals surface area (Å²) in [7, 11) is 0. The first-order valence-corrected chi connectivity index (χ1v) is 7.03. The molecule has 0 aromatic rings. The van der Waals surface area contributed by atoms with Crippen LogP contribution in [0.15, 0.2) is 0 Å². The van der Waals surface area contributed by atoms with Crippen LogP contribution in [0.1, 0.15) is 26.2 Å². The molecule has 3 N–H and O–H groups in total. The fourth-order valence-electron chi connectivity index (χ4n) is 2.37. The Kier molecular flexibility index (Phi) is 7.43. The van der Waals surface area contributed by atoms with E-state index < -0.39 is 5.97 Å². The van der Waals surface area contributed by atoms with Crippen molar-refractivity contribution in [1.29, 1.82) is 0 Å². The third kappa shape index (κ3) is 7.12. The zero-order valence-electron chi connectivity index (χ0n) is 11.7. The number of hydrogen-bond donors (Lipinski definition) is 3. The summed E-state index contributed by atoms with van der Waals surface area (Å²) in [5.41, 5.74) is 0. The lowest BCUT2D eigenvalue weighted by atomic mass is 9.98. The van der Waals surface area contributed by atoms with E-state index in [9.17, 15) is 9.59 Å². The number of piperidine rings is 1. The maximum Gasteiger partial charge on any atom is 0.317 e. The van der Waals surface area contributed by atoms with Gasteiger partial charge < -0.3 is 15.7 Å². The number of carbonyl (C=O) groups excluding carboxylic acids is 1. The molecule has 0 aromatic heterocycles.